The van der Waals surface area contributed by atoms with E-state index in [2.05, 4.69) is 22.5 Å². The number of ether oxygens (including phenoxy) is 3. The molecule has 1 aliphatic rings. The zero-order valence-electron chi connectivity index (χ0n) is 18.7. The van der Waals surface area contributed by atoms with Gasteiger partial charge in [-0.2, -0.15) is 0 Å². The van der Waals surface area contributed by atoms with E-state index < -0.39 is 22.9 Å². The Bertz CT molecular complexity index is 692. The first-order chi connectivity index (χ1) is 13.5. The summed E-state index contributed by atoms with van der Waals surface area (Å²) < 4.78 is 17.1. The van der Waals surface area contributed by atoms with Crippen molar-refractivity contribution in [2.45, 2.75) is 53.0 Å². The van der Waals surface area contributed by atoms with Gasteiger partial charge in [-0.1, -0.05) is 22.5 Å². The van der Waals surface area contributed by atoms with Gasteiger partial charge in [0.15, 0.2) is 5.41 Å². The molecule has 1 unspecified atom stereocenters. The van der Waals surface area contributed by atoms with E-state index in [4.69, 9.17) is 14.2 Å². The summed E-state index contributed by atoms with van der Waals surface area (Å²) in [6.07, 6.45) is 2.21. The lowest BCUT2D eigenvalue weighted by Gasteiger charge is -2.42. The molecule has 0 bridgehead atoms. The van der Waals surface area contributed by atoms with Crippen molar-refractivity contribution in [2.75, 3.05) is 33.9 Å². The summed E-state index contributed by atoms with van der Waals surface area (Å²) >= 11 is 3.34. The molecule has 0 heterocycles. The molecule has 1 aliphatic carbocycles. The molecule has 0 aromatic carbocycles. The van der Waals surface area contributed by atoms with Gasteiger partial charge in [-0.15, -0.1) is 0 Å². The van der Waals surface area contributed by atoms with Gasteiger partial charge >= 0.3 is 11.9 Å². The third-order valence-electron chi connectivity index (χ3n) is 5.45. The molecule has 29 heavy (non-hydrogen) atoms. The van der Waals surface area contributed by atoms with Gasteiger partial charge in [0.1, 0.15) is 5.76 Å². The molecule has 0 saturated heterocycles. The average molecular weight is 472 g/mol. The summed E-state index contributed by atoms with van der Waals surface area (Å²) in [6.45, 7) is 14.1. The van der Waals surface area contributed by atoms with Crippen molar-refractivity contribution >= 4 is 27.9 Å². The molecule has 6 nitrogen and oxygen atoms in total. The number of esters is 2. The molecule has 0 aliphatic heterocycles. The molecule has 1 atom stereocenters. The number of allylic oxidation sites excluding steroid dienone is 2. The third kappa shape index (κ3) is 5.12. The molecule has 0 amide bonds. The van der Waals surface area contributed by atoms with Crippen LogP contribution in [-0.2, 0) is 23.8 Å². The smallest absolute Gasteiger partial charge is 0.323 e. The Morgan fingerprint density at radius 1 is 1.10 bits per heavy atom. The second kappa shape index (κ2) is 10.4. The quantitative estimate of drug-likeness (QED) is 0.329. The maximum Gasteiger partial charge on any atom is 0.323 e. The highest BCUT2D eigenvalue weighted by Gasteiger charge is 2.56. The van der Waals surface area contributed by atoms with Gasteiger partial charge in [-0.25, -0.2) is 0 Å². The molecule has 0 aromatic rings. The van der Waals surface area contributed by atoms with Crippen LogP contribution in [0, 0.1) is 5.41 Å². The standard InChI is InChI=1S/C22H34BrNO5/c1-9-27-18-13-22(24(7)8,17(6)16(18)5)14-21(12-15(4)23,19(25)28-10-2)20(26)29-11-3/h13H,4,9-12,14H2,1-3,5-8H3. The van der Waals surface area contributed by atoms with E-state index in [0.29, 0.717) is 11.1 Å². The van der Waals surface area contributed by atoms with Crippen LogP contribution >= 0.6 is 15.9 Å². The molecular formula is C22H34BrNO5. The van der Waals surface area contributed by atoms with Crippen LogP contribution < -0.4 is 0 Å². The number of hydrogen-bond acceptors (Lipinski definition) is 6. The lowest BCUT2D eigenvalue weighted by atomic mass is 9.70. The highest BCUT2D eigenvalue weighted by Crippen LogP contribution is 2.48. The Morgan fingerprint density at radius 3 is 2.00 bits per heavy atom. The van der Waals surface area contributed by atoms with Crippen molar-refractivity contribution < 1.29 is 23.8 Å². The molecule has 1 rings (SSSR count). The highest BCUT2D eigenvalue weighted by molar-refractivity contribution is 9.11. The second-order valence-corrected chi connectivity index (χ2v) is 8.53. The van der Waals surface area contributed by atoms with E-state index in [1.54, 1.807) is 13.8 Å². The number of nitrogens with zero attached hydrogens (tertiary/aromatic N) is 1. The monoisotopic (exact) mass is 471 g/mol. The molecule has 164 valence electrons. The topological polar surface area (TPSA) is 65.1 Å². The van der Waals surface area contributed by atoms with Gasteiger partial charge < -0.3 is 14.2 Å². The Hall–Kier alpha value is -1.60. The van der Waals surface area contributed by atoms with E-state index in [0.717, 1.165) is 16.9 Å². The van der Waals surface area contributed by atoms with Gasteiger partial charge in [0.2, 0.25) is 0 Å². The molecule has 0 radical (unpaired) electrons. The number of likely N-dealkylation sites (N-methyl/N-ethyl adjacent to an activating group) is 1. The summed E-state index contributed by atoms with van der Waals surface area (Å²) in [6, 6.07) is 0. The number of rotatable bonds is 11. The summed E-state index contributed by atoms with van der Waals surface area (Å²) in [7, 11) is 3.85. The van der Waals surface area contributed by atoms with Crippen molar-refractivity contribution in [1.29, 1.82) is 0 Å². The molecule has 0 spiro atoms. The number of halogens is 1. The lowest BCUT2D eigenvalue weighted by molar-refractivity contribution is -0.174. The highest BCUT2D eigenvalue weighted by atomic mass is 79.9. The van der Waals surface area contributed by atoms with Crippen LogP contribution in [0.25, 0.3) is 0 Å². The van der Waals surface area contributed by atoms with Gasteiger partial charge in [-0.05, 0) is 70.4 Å². The van der Waals surface area contributed by atoms with Gasteiger partial charge in [0.05, 0.1) is 25.4 Å². The molecule has 7 heteroatoms. The third-order valence-corrected chi connectivity index (χ3v) is 5.73. The molecular weight excluding hydrogens is 438 g/mol. The number of hydrogen-bond donors (Lipinski definition) is 0. The van der Waals surface area contributed by atoms with E-state index in [9.17, 15) is 9.59 Å². The zero-order chi connectivity index (χ0) is 22.4. The van der Waals surface area contributed by atoms with Crippen molar-refractivity contribution in [2.24, 2.45) is 5.41 Å². The van der Waals surface area contributed by atoms with E-state index in [1.165, 1.54) is 0 Å². The van der Waals surface area contributed by atoms with Crippen LogP contribution in [0.3, 0.4) is 0 Å². The summed E-state index contributed by atoms with van der Waals surface area (Å²) in [5.41, 5.74) is -0.239. The lowest BCUT2D eigenvalue weighted by Crippen LogP contribution is -2.53. The van der Waals surface area contributed by atoms with E-state index in [-0.39, 0.29) is 26.1 Å². The summed E-state index contributed by atoms with van der Waals surface area (Å²) in [5, 5.41) is 0. The van der Waals surface area contributed by atoms with Crippen molar-refractivity contribution in [3.05, 3.63) is 34.0 Å². The second-order valence-electron chi connectivity index (χ2n) is 7.40. The molecule has 0 aromatic heterocycles. The minimum absolute atomic E-state index is 0.0738. The van der Waals surface area contributed by atoms with Crippen LogP contribution in [-0.4, -0.2) is 56.3 Å². The predicted octanol–water partition coefficient (Wildman–Crippen LogP) is 4.36. The Kier molecular flexibility index (Phi) is 9.15. The van der Waals surface area contributed by atoms with Crippen LogP contribution in [0.2, 0.25) is 0 Å². The zero-order valence-corrected chi connectivity index (χ0v) is 20.3. The van der Waals surface area contributed by atoms with Crippen molar-refractivity contribution in [3.8, 4) is 0 Å². The Labute approximate surface area is 183 Å². The average Bonchev–Trinajstić information content (AvgIpc) is 2.87. The minimum Gasteiger partial charge on any atom is -0.494 e. The van der Waals surface area contributed by atoms with Crippen LogP contribution in [0.1, 0.15) is 47.5 Å². The fourth-order valence-electron chi connectivity index (χ4n) is 3.82. The largest absolute Gasteiger partial charge is 0.494 e. The molecule has 0 N–H and O–H groups in total. The van der Waals surface area contributed by atoms with Crippen molar-refractivity contribution in [1.82, 2.24) is 4.90 Å². The summed E-state index contributed by atoms with van der Waals surface area (Å²) in [5.74, 6) is -0.453. The first-order valence-corrected chi connectivity index (χ1v) is 10.7. The molecule has 0 fully saturated rings. The minimum atomic E-state index is -1.55. The maximum absolute atomic E-state index is 13.2. The van der Waals surface area contributed by atoms with Crippen LogP contribution in [0.5, 0.6) is 0 Å². The SMILES string of the molecule is C=C(Br)CC(CC1(N(C)C)C=C(OCC)C(C)=C1C)(C(=O)OCC)C(=O)OCC. The van der Waals surface area contributed by atoms with Crippen LogP contribution in [0.15, 0.2) is 34.0 Å². The van der Waals surface area contributed by atoms with Gasteiger partial charge in [0.25, 0.3) is 0 Å². The number of carbonyl (C=O) groups is 2. The fourth-order valence-corrected chi connectivity index (χ4v) is 4.29. The fraction of sp³-hybridized carbons (Fsp3) is 0.636. The summed E-state index contributed by atoms with van der Waals surface area (Å²) in [4.78, 5) is 28.4. The van der Waals surface area contributed by atoms with Crippen molar-refractivity contribution in [3.63, 3.8) is 0 Å². The van der Waals surface area contributed by atoms with Gasteiger partial charge in [-0.3, -0.25) is 14.5 Å². The Balaban J connectivity index is 3.68. The van der Waals surface area contributed by atoms with E-state index >= 15 is 0 Å². The number of carbonyl (C=O) groups excluding carboxylic acids is 2. The van der Waals surface area contributed by atoms with E-state index in [1.807, 2.05) is 45.8 Å². The first kappa shape index (κ1) is 25.4. The normalized spacial score (nSPS) is 19.3. The maximum atomic E-state index is 13.2. The Morgan fingerprint density at radius 2 is 1.62 bits per heavy atom. The first-order valence-electron chi connectivity index (χ1n) is 9.91. The molecule has 0 saturated carbocycles. The predicted molar refractivity (Wildman–Crippen MR) is 118 cm³/mol. The van der Waals surface area contributed by atoms with Gasteiger partial charge in [0, 0.05) is 12.8 Å². The van der Waals surface area contributed by atoms with Crippen LogP contribution in [0.4, 0.5) is 0 Å².